The smallest absolute Gasteiger partial charge is 0.366 e. The van der Waals surface area contributed by atoms with Crippen LogP contribution in [0.5, 0.6) is 0 Å². The fourth-order valence-corrected chi connectivity index (χ4v) is 3.68. The van der Waals surface area contributed by atoms with Gasteiger partial charge in [-0.2, -0.15) is 5.26 Å². The monoisotopic (exact) mass is 439 g/mol. The van der Waals surface area contributed by atoms with Crippen LogP contribution in [0.3, 0.4) is 0 Å². The summed E-state index contributed by atoms with van der Waals surface area (Å²) in [4.78, 5) is 25.3. The number of hydrogen-bond acceptors (Lipinski definition) is 6. The molecule has 0 aliphatic rings. The lowest BCUT2D eigenvalue weighted by molar-refractivity contribution is -0.135. The summed E-state index contributed by atoms with van der Waals surface area (Å²) >= 11 is 0. The van der Waals surface area contributed by atoms with E-state index < -0.39 is 17.1 Å². The highest BCUT2D eigenvalue weighted by atomic mass is 16.5. The van der Waals surface area contributed by atoms with Crippen LogP contribution in [-0.4, -0.2) is 16.2 Å². The van der Waals surface area contributed by atoms with Crippen LogP contribution in [0.1, 0.15) is 27.9 Å². The highest BCUT2D eigenvalue weighted by molar-refractivity contribution is 6.00. The second-order valence-corrected chi connectivity index (χ2v) is 7.98. The first-order valence-electron chi connectivity index (χ1n) is 10.3. The van der Waals surface area contributed by atoms with Crippen LogP contribution in [-0.2, 0) is 16.8 Å². The number of nitrogens with one attached hydrogen (secondary N) is 1. The molecule has 0 radical (unpaired) electrons. The number of hydrogen-bond donors (Lipinski definition) is 2. The standard InChI is InChI=1S/C26H21N3O4/c1-16-3-5-18(6-4-16)14-26(32,20-9-7-19(15-27)8-10-20)25(31)28-21-11-12-22-23(13-21)17(2)29-33-24(22)30/h3-13,32H,14H2,1-2H3,(H,28,31). The van der Waals surface area contributed by atoms with E-state index in [0.717, 1.165) is 11.1 Å². The van der Waals surface area contributed by atoms with Gasteiger partial charge in [0.05, 0.1) is 22.7 Å². The van der Waals surface area contributed by atoms with Crippen molar-refractivity contribution in [2.24, 2.45) is 0 Å². The van der Waals surface area contributed by atoms with Gasteiger partial charge < -0.3 is 14.9 Å². The van der Waals surface area contributed by atoms with Gasteiger partial charge in [-0.15, -0.1) is 0 Å². The number of amides is 1. The molecule has 4 rings (SSSR count). The summed E-state index contributed by atoms with van der Waals surface area (Å²) in [5.74, 6) is -0.638. The minimum Gasteiger partial charge on any atom is -0.375 e. The van der Waals surface area contributed by atoms with Crippen molar-refractivity contribution in [2.75, 3.05) is 5.32 Å². The van der Waals surface area contributed by atoms with Gasteiger partial charge in [-0.1, -0.05) is 47.1 Å². The van der Waals surface area contributed by atoms with Crippen molar-refractivity contribution >= 4 is 22.4 Å². The Bertz CT molecular complexity index is 1430. The maximum absolute atomic E-state index is 13.4. The molecule has 3 aromatic carbocycles. The molecule has 33 heavy (non-hydrogen) atoms. The molecule has 164 valence electrons. The molecule has 0 saturated heterocycles. The van der Waals surface area contributed by atoms with E-state index >= 15 is 0 Å². The fraction of sp³-hybridized carbons (Fsp3) is 0.154. The van der Waals surface area contributed by atoms with E-state index in [9.17, 15) is 14.7 Å². The van der Waals surface area contributed by atoms with Crippen molar-refractivity contribution in [2.45, 2.75) is 25.9 Å². The minimum atomic E-state index is -1.90. The van der Waals surface area contributed by atoms with Crippen molar-refractivity contribution < 1.29 is 14.4 Å². The van der Waals surface area contributed by atoms with E-state index in [2.05, 4.69) is 10.5 Å². The summed E-state index contributed by atoms with van der Waals surface area (Å²) in [6, 6.07) is 20.6. The summed E-state index contributed by atoms with van der Waals surface area (Å²) in [5, 5.41) is 28.1. The highest BCUT2D eigenvalue weighted by Gasteiger charge is 2.38. The Morgan fingerprint density at radius 2 is 1.76 bits per heavy atom. The maximum Gasteiger partial charge on any atom is 0.366 e. The molecule has 1 atom stereocenters. The number of aryl methyl sites for hydroxylation is 2. The van der Waals surface area contributed by atoms with Crippen LogP contribution in [0, 0.1) is 25.2 Å². The van der Waals surface area contributed by atoms with Gasteiger partial charge in [0.15, 0.2) is 5.60 Å². The Morgan fingerprint density at radius 3 is 2.42 bits per heavy atom. The van der Waals surface area contributed by atoms with Crippen molar-refractivity contribution in [3.8, 4) is 6.07 Å². The number of nitrogens with zero attached hydrogens (tertiary/aromatic N) is 2. The highest BCUT2D eigenvalue weighted by Crippen LogP contribution is 2.29. The third-order valence-electron chi connectivity index (χ3n) is 5.60. The van der Waals surface area contributed by atoms with Crippen molar-refractivity contribution in [1.82, 2.24) is 5.16 Å². The maximum atomic E-state index is 13.4. The van der Waals surface area contributed by atoms with Crippen LogP contribution in [0.25, 0.3) is 10.8 Å². The first kappa shape index (κ1) is 21.9. The van der Waals surface area contributed by atoms with Gasteiger partial charge in [0.25, 0.3) is 5.91 Å². The molecular formula is C26H21N3O4. The molecule has 1 heterocycles. The van der Waals surface area contributed by atoms with Crippen LogP contribution in [0.15, 0.2) is 76.0 Å². The summed E-state index contributed by atoms with van der Waals surface area (Å²) in [6.07, 6.45) is 0.0305. The van der Waals surface area contributed by atoms with Crippen molar-refractivity contribution in [3.63, 3.8) is 0 Å². The van der Waals surface area contributed by atoms with E-state index in [4.69, 9.17) is 9.78 Å². The molecule has 2 N–H and O–H groups in total. The van der Waals surface area contributed by atoms with Gasteiger partial charge in [0, 0.05) is 17.5 Å². The van der Waals surface area contributed by atoms with Crippen LogP contribution < -0.4 is 10.9 Å². The Kier molecular flexibility index (Phi) is 5.78. The Labute approximate surface area is 189 Å². The van der Waals surface area contributed by atoms with E-state index in [1.807, 2.05) is 37.3 Å². The molecule has 0 aliphatic heterocycles. The molecular weight excluding hydrogens is 418 g/mol. The number of fused-ring (bicyclic) bond motifs is 1. The fourth-order valence-electron chi connectivity index (χ4n) is 3.68. The molecule has 4 aromatic rings. The second kappa shape index (κ2) is 8.69. The molecule has 7 heteroatoms. The molecule has 1 amide bonds. The van der Waals surface area contributed by atoms with E-state index in [0.29, 0.717) is 33.3 Å². The Morgan fingerprint density at radius 1 is 1.06 bits per heavy atom. The van der Waals surface area contributed by atoms with Crippen LogP contribution in [0.2, 0.25) is 0 Å². The van der Waals surface area contributed by atoms with Gasteiger partial charge in [0.2, 0.25) is 0 Å². The number of anilines is 1. The minimum absolute atomic E-state index is 0.0305. The predicted molar refractivity (Wildman–Crippen MR) is 124 cm³/mol. The van der Waals surface area contributed by atoms with Gasteiger partial charge >= 0.3 is 5.63 Å². The summed E-state index contributed by atoms with van der Waals surface area (Å²) in [6.45, 7) is 3.65. The van der Waals surface area contributed by atoms with Gasteiger partial charge in [-0.05, 0) is 55.3 Å². The zero-order valence-electron chi connectivity index (χ0n) is 18.1. The number of aromatic nitrogens is 1. The SMILES string of the molecule is Cc1ccc(CC(O)(C(=O)Nc2ccc3c(=O)onc(C)c3c2)c2ccc(C#N)cc2)cc1. The molecule has 0 fully saturated rings. The van der Waals surface area contributed by atoms with Crippen molar-refractivity contribution in [1.29, 1.82) is 5.26 Å². The first-order valence-corrected chi connectivity index (χ1v) is 10.3. The van der Waals surface area contributed by atoms with E-state index in [1.165, 1.54) is 0 Å². The number of aliphatic hydroxyl groups is 1. The van der Waals surface area contributed by atoms with Gasteiger partial charge in [-0.3, -0.25) is 4.79 Å². The van der Waals surface area contributed by atoms with Crippen LogP contribution in [0.4, 0.5) is 5.69 Å². The van der Waals surface area contributed by atoms with Crippen molar-refractivity contribution in [3.05, 3.63) is 105 Å². The van der Waals surface area contributed by atoms with Gasteiger partial charge in [-0.25, -0.2) is 4.79 Å². The topological polar surface area (TPSA) is 116 Å². The lowest BCUT2D eigenvalue weighted by atomic mass is 9.85. The normalized spacial score (nSPS) is 12.7. The molecule has 0 aliphatic carbocycles. The van der Waals surface area contributed by atoms with E-state index in [1.54, 1.807) is 49.4 Å². The largest absolute Gasteiger partial charge is 0.375 e. The van der Waals surface area contributed by atoms with E-state index in [-0.39, 0.29) is 6.42 Å². The number of benzene rings is 3. The lowest BCUT2D eigenvalue weighted by Crippen LogP contribution is -2.42. The van der Waals surface area contributed by atoms with Gasteiger partial charge in [0.1, 0.15) is 0 Å². The average Bonchev–Trinajstić information content (AvgIpc) is 2.83. The molecule has 7 nitrogen and oxygen atoms in total. The quantitative estimate of drug-likeness (QED) is 0.489. The number of nitriles is 1. The molecule has 1 unspecified atom stereocenters. The number of carbonyl (C=O) groups is 1. The number of carbonyl (C=O) groups excluding carboxylic acids is 1. The lowest BCUT2D eigenvalue weighted by Gasteiger charge is -2.28. The molecule has 0 bridgehead atoms. The summed E-state index contributed by atoms with van der Waals surface area (Å²) < 4.78 is 4.74. The Hall–Kier alpha value is -4.28. The zero-order chi connectivity index (χ0) is 23.6. The average molecular weight is 439 g/mol. The second-order valence-electron chi connectivity index (χ2n) is 7.98. The third kappa shape index (κ3) is 4.38. The third-order valence-corrected chi connectivity index (χ3v) is 5.60. The first-order chi connectivity index (χ1) is 15.8. The molecule has 0 spiro atoms. The summed E-state index contributed by atoms with van der Waals surface area (Å²) in [7, 11) is 0. The molecule has 0 saturated carbocycles. The molecule has 1 aromatic heterocycles. The van der Waals surface area contributed by atoms with Crippen LogP contribution >= 0.6 is 0 Å². The predicted octanol–water partition coefficient (Wildman–Crippen LogP) is 3.75. The summed E-state index contributed by atoms with van der Waals surface area (Å²) in [5.41, 5.74) is 1.06. The Balaban J connectivity index is 1.73. The number of rotatable bonds is 5. The zero-order valence-corrected chi connectivity index (χ0v) is 18.1.